The Balaban J connectivity index is 1.63. The highest BCUT2D eigenvalue weighted by Gasteiger charge is 2.16. The third kappa shape index (κ3) is 5.86. The van der Waals surface area contributed by atoms with E-state index in [1.807, 2.05) is 48.7 Å². The number of rotatable bonds is 9. The number of hydrogen-bond donors (Lipinski definition) is 2. The Hall–Kier alpha value is -2.91. The first-order chi connectivity index (χ1) is 15.4. The van der Waals surface area contributed by atoms with E-state index in [1.165, 1.54) is 11.8 Å². The molecule has 7 nitrogen and oxygen atoms in total. The minimum atomic E-state index is -0.215. The lowest BCUT2D eigenvalue weighted by molar-refractivity contribution is -0.113. The van der Waals surface area contributed by atoms with Gasteiger partial charge < -0.3 is 15.2 Å². The van der Waals surface area contributed by atoms with Gasteiger partial charge in [0.15, 0.2) is 11.0 Å². The van der Waals surface area contributed by atoms with Gasteiger partial charge in [-0.05, 0) is 59.1 Å². The van der Waals surface area contributed by atoms with Gasteiger partial charge in [0.05, 0.1) is 17.9 Å². The fourth-order valence-electron chi connectivity index (χ4n) is 2.97. The van der Waals surface area contributed by atoms with E-state index < -0.39 is 0 Å². The summed E-state index contributed by atoms with van der Waals surface area (Å²) in [7, 11) is 0. The molecule has 0 aliphatic carbocycles. The number of thioether (sulfide) groups is 1. The summed E-state index contributed by atoms with van der Waals surface area (Å²) in [5.41, 5.74) is 3.51. The standard InChI is InChI=1S/C23H24BrN5O2S/c1-4-12-29-20(13-25-22(31)17-9-5-6-10-18(17)24)27-28-23(29)32-14-21(30)26-19-11-7-8-15(2)16(19)3/h4-11H,1,12-14H2,2-3H3,(H,25,31)(H,26,30). The summed E-state index contributed by atoms with van der Waals surface area (Å²) in [5, 5.41) is 14.8. The Morgan fingerprint density at radius 2 is 1.94 bits per heavy atom. The molecule has 2 aromatic carbocycles. The van der Waals surface area contributed by atoms with Crippen LogP contribution < -0.4 is 10.6 Å². The lowest BCUT2D eigenvalue weighted by Crippen LogP contribution is -2.25. The van der Waals surface area contributed by atoms with E-state index in [9.17, 15) is 9.59 Å². The number of carbonyl (C=O) groups is 2. The van der Waals surface area contributed by atoms with Gasteiger partial charge in [-0.25, -0.2) is 0 Å². The first kappa shape index (κ1) is 23.7. The topological polar surface area (TPSA) is 88.9 Å². The number of halogens is 1. The third-order valence-electron chi connectivity index (χ3n) is 4.84. The monoisotopic (exact) mass is 513 g/mol. The number of allylic oxidation sites excluding steroid dienone is 1. The normalized spacial score (nSPS) is 10.6. The minimum absolute atomic E-state index is 0.124. The van der Waals surface area contributed by atoms with Gasteiger partial charge in [-0.15, -0.1) is 16.8 Å². The number of anilines is 1. The van der Waals surface area contributed by atoms with Crippen molar-refractivity contribution in [1.82, 2.24) is 20.1 Å². The molecule has 1 aromatic heterocycles. The smallest absolute Gasteiger partial charge is 0.252 e. The molecule has 0 spiro atoms. The molecule has 0 fully saturated rings. The molecule has 3 aromatic rings. The molecule has 0 aliphatic heterocycles. The van der Waals surface area contributed by atoms with Gasteiger partial charge in [0.2, 0.25) is 5.91 Å². The summed E-state index contributed by atoms with van der Waals surface area (Å²) in [4.78, 5) is 24.9. The van der Waals surface area contributed by atoms with Crippen molar-refractivity contribution in [2.45, 2.75) is 32.1 Å². The summed E-state index contributed by atoms with van der Waals surface area (Å²) in [6.07, 6.45) is 1.72. The maximum atomic E-state index is 12.5. The number of nitrogens with one attached hydrogen (secondary N) is 2. The van der Waals surface area contributed by atoms with Gasteiger partial charge in [-0.1, -0.05) is 42.1 Å². The van der Waals surface area contributed by atoms with Crippen molar-refractivity contribution in [3.05, 3.63) is 82.1 Å². The van der Waals surface area contributed by atoms with Crippen LogP contribution in [0.5, 0.6) is 0 Å². The van der Waals surface area contributed by atoms with Crippen LogP contribution in [0.25, 0.3) is 0 Å². The van der Waals surface area contributed by atoms with Crippen LogP contribution in [-0.2, 0) is 17.9 Å². The van der Waals surface area contributed by atoms with Crippen molar-refractivity contribution in [2.24, 2.45) is 0 Å². The molecule has 32 heavy (non-hydrogen) atoms. The largest absolute Gasteiger partial charge is 0.345 e. The zero-order chi connectivity index (χ0) is 23.1. The maximum absolute atomic E-state index is 12.5. The van der Waals surface area contributed by atoms with E-state index >= 15 is 0 Å². The van der Waals surface area contributed by atoms with Crippen molar-refractivity contribution in [3.8, 4) is 0 Å². The van der Waals surface area contributed by atoms with Gasteiger partial charge in [-0.3, -0.25) is 9.59 Å². The van der Waals surface area contributed by atoms with Gasteiger partial charge in [0.1, 0.15) is 0 Å². The highest BCUT2D eigenvalue weighted by molar-refractivity contribution is 9.10. The molecular formula is C23H24BrN5O2S. The fourth-order valence-corrected chi connectivity index (χ4v) is 4.20. The zero-order valence-corrected chi connectivity index (χ0v) is 20.3. The molecule has 0 saturated heterocycles. The minimum Gasteiger partial charge on any atom is -0.345 e. The number of amides is 2. The van der Waals surface area contributed by atoms with E-state index in [1.54, 1.807) is 18.2 Å². The molecule has 3 rings (SSSR count). The molecule has 0 bridgehead atoms. The quantitative estimate of drug-likeness (QED) is 0.324. The Kier molecular flexibility index (Phi) is 8.24. The van der Waals surface area contributed by atoms with Crippen LogP contribution in [0.2, 0.25) is 0 Å². The summed E-state index contributed by atoms with van der Waals surface area (Å²) in [5.74, 6) is 0.433. The average Bonchev–Trinajstić information content (AvgIpc) is 3.16. The zero-order valence-electron chi connectivity index (χ0n) is 17.9. The maximum Gasteiger partial charge on any atom is 0.252 e. The van der Waals surface area contributed by atoms with Crippen molar-refractivity contribution in [3.63, 3.8) is 0 Å². The second kappa shape index (κ2) is 11.1. The van der Waals surface area contributed by atoms with Crippen LogP contribution in [0.3, 0.4) is 0 Å². The second-order valence-electron chi connectivity index (χ2n) is 7.04. The number of aromatic nitrogens is 3. The summed E-state index contributed by atoms with van der Waals surface area (Å²) in [6.45, 7) is 8.44. The van der Waals surface area contributed by atoms with Gasteiger partial charge in [-0.2, -0.15) is 0 Å². The van der Waals surface area contributed by atoms with Gasteiger partial charge in [0, 0.05) is 16.7 Å². The molecule has 166 valence electrons. The number of carbonyl (C=O) groups excluding carboxylic acids is 2. The van der Waals surface area contributed by atoms with E-state index in [4.69, 9.17) is 0 Å². The molecule has 1 heterocycles. The van der Waals surface area contributed by atoms with Crippen molar-refractivity contribution in [1.29, 1.82) is 0 Å². The van der Waals surface area contributed by atoms with E-state index in [0.717, 1.165) is 21.3 Å². The lowest BCUT2D eigenvalue weighted by atomic mass is 10.1. The summed E-state index contributed by atoms with van der Waals surface area (Å²) in [6, 6.07) is 13.0. The number of benzene rings is 2. The predicted molar refractivity (Wildman–Crippen MR) is 131 cm³/mol. The van der Waals surface area contributed by atoms with Crippen LogP contribution in [-0.4, -0.2) is 32.3 Å². The van der Waals surface area contributed by atoms with Gasteiger partial charge >= 0.3 is 0 Å². The molecule has 2 N–H and O–H groups in total. The fraction of sp³-hybridized carbons (Fsp3) is 0.217. The summed E-state index contributed by atoms with van der Waals surface area (Å²) >= 11 is 4.67. The van der Waals surface area contributed by atoms with E-state index in [-0.39, 0.29) is 24.1 Å². The molecule has 9 heteroatoms. The Labute approximate surface area is 199 Å². The van der Waals surface area contributed by atoms with Gasteiger partial charge in [0.25, 0.3) is 5.91 Å². The average molecular weight is 514 g/mol. The molecule has 0 atom stereocenters. The van der Waals surface area contributed by atoms with E-state index in [0.29, 0.717) is 23.1 Å². The van der Waals surface area contributed by atoms with Crippen LogP contribution in [0.15, 0.2) is 64.7 Å². The predicted octanol–water partition coefficient (Wildman–Crippen LogP) is 4.50. The molecule has 0 radical (unpaired) electrons. The van der Waals surface area contributed by atoms with Crippen LogP contribution in [0.1, 0.15) is 27.3 Å². The molecule has 2 amide bonds. The van der Waals surface area contributed by atoms with Crippen LogP contribution >= 0.6 is 27.7 Å². The highest BCUT2D eigenvalue weighted by Crippen LogP contribution is 2.21. The van der Waals surface area contributed by atoms with Crippen LogP contribution in [0.4, 0.5) is 5.69 Å². The molecule has 0 unspecified atom stereocenters. The SMILES string of the molecule is C=CCn1c(CNC(=O)c2ccccc2Br)nnc1SCC(=O)Nc1cccc(C)c1C. The third-order valence-corrected chi connectivity index (χ3v) is 6.50. The second-order valence-corrected chi connectivity index (χ2v) is 8.84. The number of hydrogen-bond acceptors (Lipinski definition) is 5. The first-order valence-electron chi connectivity index (χ1n) is 9.95. The van der Waals surface area contributed by atoms with Crippen LogP contribution in [0, 0.1) is 13.8 Å². The van der Waals surface area contributed by atoms with Crippen molar-refractivity contribution < 1.29 is 9.59 Å². The van der Waals surface area contributed by atoms with Crippen molar-refractivity contribution in [2.75, 3.05) is 11.1 Å². The Morgan fingerprint density at radius 1 is 1.16 bits per heavy atom. The summed E-state index contributed by atoms with van der Waals surface area (Å²) < 4.78 is 2.56. The highest BCUT2D eigenvalue weighted by atomic mass is 79.9. The molecular weight excluding hydrogens is 490 g/mol. The Bertz CT molecular complexity index is 1150. The lowest BCUT2D eigenvalue weighted by Gasteiger charge is -2.11. The van der Waals surface area contributed by atoms with Crippen molar-refractivity contribution >= 4 is 45.2 Å². The number of nitrogens with zero attached hydrogens (tertiary/aromatic N) is 3. The van der Waals surface area contributed by atoms with E-state index in [2.05, 4.69) is 43.3 Å². The first-order valence-corrected chi connectivity index (χ1v) is 11.7. The Morgan fingerprint density at radius 3 is 2.69 bits per heavy atom. The number of aryl methyl sites for hydroxylation is 1. The molecule has 0 saturated carbocycles. The molecule has 0 aliphatic rings.